The summed E-state index contributed by atoms with van der Waals surface area (Å²) in [5, 5.41) is 0. The summed E-state index contributed by atoms with van der Waals surface area (Å²) in [6.45, 7) is 14.0. The van der Waals surface area contributed by atoms with E-state index in [4.69, 9.17) is 10.5 Å². The minimum absolute atomic E-state index is 0.0256. The molecule has 3 amide bonds. The number of hydrogen-bond donors (Lipinski definition) is 1. The van der Waals surface area contributed by atoms with Gasteiger partial charge in [0, 0.05) is 27.3 Å². The number of urea groups is 1. The van der Waals surface area contributed by atoms with Crippen molar-refractivity contribution in [3.05, 3.63) is 0 Å². The standard InChI is InChI=1S/C19H37N3O3Si/c1-18(2)16(23)21(14-25-11-12-26(4,5)6)17(24)22(18)13-19(3)9-7-15(20)8-10-19/h15H,7-14,20H2,1-6H3. The van der Waals surface area contributed by atoms with Gasteiger partial charge >= 0.3 is 6.03 Å². The summed E-state index contributed by atoms with van der Waals surface area (Å²) in [7, 11) is -1.19. The van der Waals surface area contributed by atoms with Gasteiger partial charge in [0.05, 0.1) is 0 Å². The minimum Gasteiger partial charge on any atom is -0.361 e. The lowest BCUT2D eigenvalue weighted by molar-refractivity contribution is -0.135. The maximum atomic E-state index is 12.9. The van der Waals surface area contributed by atoms with Gasteiger partial charge in [-0.1, -0.05) is 26.6 Å². The third-order valence-corrected chi connectivity index (χ3v) is 7.60. The second-order valence-electron chi connectivity index (χ2n) is 10.2. The van der Waals surface area contributed by atoms with E-state index in [2.05, 4.69) is 26.6 Å². The van der Waals surface area contributed by atoms with E-state index < -0.39 is 13.6 Å². The summed E-state index contributed by atoms with van der Waals surface area (Å²) in [6.07, 6.45) is 3.96. The summed E-state index contributed by atoms with van der Waals surface area (Å²) < 4.78 is 5.68. The second kappa shape index (κ2) is 7.60. The maximum absolute atomic E-state index is 12.9. The molecule has 1 aliphatic carbocycles. The van der Waals surface area contributed by atoms with E-state index >= 15 is 0 Å². The number of amides is 3. The molecule has 0 bridgehead atoms. The number of hydrogen-bond acceptors (Lipinski definition) is 4. The van der Waals surface area contributed by atoms with E-state index in [0.29, 0.717) is 13.2 Å². The summed E-state index contributed by atoms with van der Waals surface area (Å²) in [4.78, 5) is 28.8. The second-order valence-corrected chi connectivity index (χ2v) is 15.8. The van der Waals surface area contributed by atoms with Crippen molar-refractivity contribution in [3.63, 3.8) is 0 Å². The molecule has 2 fully saturated rings. The molecule has 1 heterocycles. The molecule has 6 nitrogen and oxygen atoms in total. The predicted octanol–water partition coefficient (Wildman–Crippen LogP) is 3.25. The summed E-state index contributed by atoms with van der Waals surface area (Å²) in [5.41, 5.74) is 5.24. The van der Waals surface area contributed by atoms with Crippen LogP contribution in [0.4, 0.5) is 4.79 Å². The fraction of sp³-hybridized carbons (Fsp3) is 0.895. The van der Waals surface area contributed by atoms with Gasteiger partial charge in [-0.2, -0.15) is 0 Å². The van der Waals surface area contributed by atoms with Crippen LogP contribution < -0.4 is 5.73 Å². The lowest BCUT2D eigenvalue weighted by Crippen LogP contribution is -2.50. The van der Waals surface area contributed by atoms with Crippen LogP contribution in [0.5, 0.6) is 0 Å². The molecule has 26 heavy (non-hydrogen) atoms. The molecular weight excluding hydrogens is 346 g/mol. The fourth-order valence-electron chi connectivity index (χ4n) is 3.71. The normalized spacial score (nSPS) is 29.6. The van der Waals surface area contributed by atoms with E-state index in [0.717, 1.165) is 31.7 Å². The highest BCUT2D eigenvalue weighted by Gasteiger charge is 2.53. The van der Waals surface area contributed by atoms with Gasteiger partial charge in [0.2, 0.25) is 0 Å². The zero-order valence-corrected chi connectivity index (χ0v) is 18.4. The Bertz CT molecular complexity index is 537. The Kier molecular flexibility index (Phi) is 6.25. The number of ether oxygens (including phenoxy) is 1. The molecule has 2 aliphatic rings. The van der Waals surface area contributed by atoms with Gasteiger partial charge in [-0.05, 0) is 51.0 Å². The van der Waals surface area contributed by atoms with Crippen LogP contribution in [0.2, 0.25) is 25.7 Å². The molecule has 0 spiro atoms. The van der Waals surface area contributed by atoms with Gasteiger partial charge in [-0.15, -0.1) is 0 Å². The quantitative estimate of drug-likeness (QED) is 0.416. The number of nitrogens with zero attached hydrogens (tertiary/aromatic N) is 2. The molecule has 7 heteroatoms. The van der Waals surface area contributed by atoms with Crippen LogP contribution in [0.15, 0.2) is 0 Å². The van der Waals surface area contributed by atoms with Crippen LogP contribution in [0.1, 0.15) is 46.5 Å². The van der Waals surface area contributed by atoms with Gasteiger partial charge in [0.15, 0.2) is 0 Å². The average Bonchev–Trinajstić information content (AvgIpc) is 2.67. The number of carbonyl (C=O) groups is 2. The first kappa shape index (κ1) is 21.4. The van der Waals surface area contributed by atoms with E-state index in [-0.39, 0.29) is 30.1 Å². The Labute approximate surface area is 159 Å². The van der Waals surface area contributed by atoms with Crippen molar-refractivity contribution in [2.45, 2.75) is 83.7 Å². The molecule has 0 aromatic heterocycles. The molecule has 0 aromatic carbocycles. The molecule has 0 radical (unpaired) electrons. The van der Waals surface area contributed by atoms with Gasteiger partial charge in [0.25, 0.3) is 5.91 Å². The smallest absolute Gasteiger partial charge is 0.329 e. The van der Waals surface area contributed by atoms with Crippen LogP contribution in [-0.4, -0.2) is 61.3 Å². The number of imide groups is 1. The highest BCUT2D eigenvalue weighted by Crippen LogP contribution is 2.39. The Morgan fingerprint density at radius 1 is 1.15 bits per heavy atom. The summed E-state index contributed by atoms with van der Waals surface area (Å²) >= 11 is 0. The highest BCUT2D eigenvalue weighted by molar-refractivity contribution is 6.76. The van der Waals surface area contributed by atoms with Crippen LogP contribution in [0, 0.1) is 5.41 Å². The largest absolute Gasteiger partial charge is 0.361 e. The Hall–Kier alpha value is -0.923. The van der Waals surface area contributed by atoms with Crippen molar-refractivity contribution in [1.82, 2.24) is 9.80 Å². The molecule has 1 saturated heterocycles. The monoisotopic (exact) mass is 383 g/mol. The van der Waals surface area contributed by atoms with E-state index in [1.165, 1.54) is 4.90 Å². The van der Waals surface area contributed by atoms with Crippen LogP contribution >= 0.6 is 0 Å². The van der Waals surface area contributed by atoms with Crippen molar-refractivity contribution in [2.24, 2.45) is 11.1 Å². The molecule has 1 saturated carbocycles. The van der Waals surface area contributed by atoms with Crippen LogP contribution in [-0.2, 0) is 9.53 Å². The predicted molar refractivity (Wildman–Crippen MR) is 107 cm³/mol. The van der Waals surface area contributed by atoms with Gasteiger partial charge in [-0.3, -0.25) is 4.79 Å². The van der Waals surface area contributed by atoms with Gasteiger partial charge in [-0.25, -0.2) is 9.69 Å². The lowest BCUT2D eigenvalue weighted by Gasteiger charge is -2.41. The van der Waals surface area contributed by atoms with E-state index in [9.17, 15) is 9.59 Å². The van der Waals surface area contributed by atoms with Crippen LogP contribution in [0.3, 0.4) is 0 Å². The molecule has 1 aliphatic heterocycles. The fourth-order valence-corrected chi connectivity index (χ4v) is 4.46. The van der Waals surface area contributed by atoms with Crippen molar-refractivity contribution >= 4 is 20.0 Å². The molecule has 2 rings (SSSR count). The number of nitrogens with two attached hydrogens (primary N) is 1. The SMILES string of the molecule is CC1(CN2C(=O)N(COCC[Si](C)(C)C)C(=O)C2(C)C)CCC(N)CC1. The molecule has 2 N–H and O–H groups in total. The summed E-state index contributed by atoms with van der Waals surface area (Å²) in [6, 6.07) is 1.07. The van der Waals surface area contributed by atoms with Crippen molar-refractivity contribution in [3.8, 4) is 0 Å². The first-order valence-electron chi connectivity index (χ1n) is 9.83. The third-order valence-electron chi connectivity index (χ3n) is 5.90. The Morgan fingerprint density at radius 3 is 2.27 bits per heavy atom. The minimum atomic E-state index is -1.19. The molecule has 0 unspecified atom stereocenters. The van der Waals surface area contributed by atoms with Crippen molar-refractivity contribution in [1.29, 1.82) is 0 Å². The van der Waals surface area contributed by atoms with E-state index in [1.54, 1.807) is 4.90 Å². The Balaban J connectivity index is 2.00. The first-order valence-corrected chi connectivity index (χ1v) is 13.5. The average molecular weight is 384 g/mol. The summed E-state index contributed by atoms with van der Waals surface area (Å²) in [5.74, 6) is -0.161. The Morgan fingerprint density at radius 2 is 1.73 bits per heavy atom. The van der Waals surface area contributed by atoms with Crippen molar-refractivity contribution in [2.75, 3.05) is 19.9 Å². The van der Waals surface area contributed by atoms with Gasteiger partial charge in [0.1, 0.15) is 12.3 Å². The molecule has 150 valence electrons. The molecular formula is C19H37N3O3Si. The van der Waals surface area contributed by atoms with E-state index in [1.807, 2.05) is 13.8 Å². The highest BCUT2D eigenvalue weighted by atomic mass is 28.3. The van der Waals surface area contributed by atoms with Gasteiger partial charge < -0.3 is 15.4 Å². The maximum Gasteiger partial charge on any atom is 0.329 e. The zero-order chi connectivity index (χ0) is 19.8. The molecule has 0 aromatic rings. The first-order chi connectivity index (χ1) is 11.9. The zero-order valence-electron chi connectivity index (χ0n) is 17.4. The molecule has 0 atom stereocenters. The third kappa shape index (κ3) is 4.87. The number of rotatable bonds is 7. The van der Waals surface area contributed by atoms with Crippen molar-refractivity contribution < 1.29 is 14.3 Å². The number of carbonyl (C=O) groups excluding carboxylic acids is 2. The lowest BCUT2D eigenvalue weighted by atomic mass is 9.73. The topological polar surface area (TPSA) is 75.9 Å². The van der Waals surface area contributed by atoms with Crippen LogP contribution in [0.25, 0.3) is 0 Å².